The van der Waals surface area contributed by atoms with Crippen molar-refractivity contribution in [3.63, 3.8) is 0 Å². The summed E-state index contributed by atoms with van der Waals surface area (Å²) < 4.78 is 15.9. The normalized spacial score (nSPS) is 12.2. The van der Waals surface area contributed by atoms with Gasteiger partial charge in [-0.05, 0) is 42.0 Å². The van der Waals surface area contributed by atoms with Gasteiger partial charge >= 0.3 is 0 Å². The highest BCUT2D eigenvalue weighted by atomic mass is 32.2. The summed E-state index contributed by atoms with van der Waals surface area (Å²) in [6.07, 6.45) is 1.70. The van der Waals surface area contributed by atoms with Crippen molar-refractivity contribution < 1.29 is 13.9 Å². The van der Waals surface area contributed by atoms with Gasteiger partial charge in [0, 0.05) is 18.8 Å². The Morgan fingerprint density at radius 2 is 2.09 bits per heavy atom. The molecule has 0 saturated heterocycles. The molecule has 0 aliphatic carbocycles. The largest absolute Gasteiger partial charge is 0.468 e. The lowest BCUT2D eigenvalue weighted by Gasteiger charge is -2.10. The zero-order chi connectivity index (χ0) is 15.9. The maximum absolute atomic E-state index is 5.36. The minimum absolute atomic E-state index is 0.294. The summed E-state index contributed by atoms with van der Waals surface area (Å²) in [4.78, 5) is 0. The second kappa shape index (κ2) is 8.12. The zero-order valence-electron chi connectivity index (χ0n) is 12.5. The Morgan fingerprint density at radius 1 is 1.17 bits per heavy atom. The lowest BCUT2D eigenvalue weighted by atomic mass is 10.2. The van der Waals surface area contributed by atoms with Gasteiger partial charge in [0.2, 0.25) is 6.79 Å². The number of furan rings is 1. The maximum atomic E-state index is 5.36. The van der Waals surface area contributed by atoms with Crippen LogP contribution in [0.25, 0.3) is 0 Å². The van der Waals surface area contributed by atoms with E-state index >= 15 is 0 Å². The molecule has 3 rings (SSSR count). The van der Waals surface area contributed by atoms with Gasteiger partial charge in [-0.25, -0.2) is 0 Å². The Morgan fingerprint density at radius 3 is 2.96 bits per heavy atom. The quantitative estimate of drug-likeness (QED) is 0.588. The van der Waals surface area contributed by atoms with E-state index in [2.05, 4.69) is 10.6 Å². The molecule has 23 heavy (non-hydrogen) atoms. The summed E-state index contributed by atoms with van der Waals surface area (Å²) in [5, 5.41) is 7.04. The minimum atomic E-state index is 0.294. The van der Waals surface area contributed by atoms with Gasteiger partial charge < -0.3 is 24.5 Å². The lowest BCUT2D eigenvalue weighted by molar-refractivity contribution is 0.174. The monoisotopic (exact) mass is 350 g/mol. The van der Waals surface area contributed by atoms with Crippen LogP contribution in [0.4, 0.5) is 0 Å². The van der Waals surface area contributed by atoms with E-state index in [9.17, 15) is 0 Å². The number of hydrogen-bond donors (Lipinski definition) is 2. The van der Waals surface area contributed by atoms with E-state index in [0.29, 0.717) is 18.5 Å². The topological polar surface area (TPSA) is 55.7 Å². The minimum Gasteiger partial charge on any atom is -0.468 e. The average Bonchev–Trinajstić information content (AvgIpc) is 3.23. The Hall–Kier alpha value is -1.86. The molecule has 0 unspecified atom stereocenters. The van der Waals surface area contributed by atoms with Crippen LogP contribution >= 0.6 is 24.0 Å². The SMILES string of the molecule is S=C(NCCSCc1ccco1)NCc1ccc2c(c1)OCO2. The van der Waals surface area contributed by atoms with Crippen LogP contribution in [0, 0.1) is 0 Å². The van der Waals surface area contributed by atoms with Crippen molar-refractivity contribution in [2.24, 2.45) is 0 Å². The van der Waals surface area contributed by atoms with Gasteiger partial charge in [-0.2, -0.15) is 11.8 Å². The molecule has 0 radical (unpaired) electrons. The van der Waals surface area contributed by atoms with E-state index in [1.807, 2.05) is 30.3 Å². The van der Waals surface area contributed by atoms with E-state index in [4.69, 9.17) is 26.1 Å². The number of nitrogens with one attached hydrogen (secondary N) is 2. The van der Waals surface area contributed by atoms with Gasteiger partial charge in [0.1, 0.15) is 5.76 Å². The lowest BCUT2D eigenvalue weighted by Crippen LogP contribution is -2.36. The summed E-state index contributed by atoms with van der Waals surface area (Å²) in [6.45, 7) is 1.77. The maximum Gasteiger partial charge on any atom is 0.231 e. The second-order valence-electron chi connectivity index (χ2n) is 4.93. The molecule has 0 atom stereocenters. The first-order valence-corrected chi connectivity index (χ1v) is 8.88. The number of rotatable bonds is 7. The van der Waals surface area contributed by atoms with Crippen molar-refractivity contribution in [2.45, 2.75) is 12.3 Å². The highest BCUT2D eigenvalue weighted by Crippen LogP contribution is 2.32. The molecule has 5 nitrogen and oxygen atoms in total. The average molecular weight is 350 g/mol. The first-order chi connectivity index (χ1) is 11.3. The molecule has 0 spiro atoms. The molecule has 1 aromatic carbocycles. The smallest absolute Gasteiger partial charge is 0.231 e. The van der Waals surface area contributed by atoms with E-state index in [1.165, 1.54) is 0 Å². The zero-order valence-corrected chi connectivity index (χ0v) is 14.2. The van der Waals surface area contributed by atoms with E-state index in [0.717, 1.165) is 40.9 Å². The third-order valence-electron chi connectivity index (χ3n) is 3.25. The summed E-state index contributed by atoms with van der Waals surface area (Å²) in [7, 11) is 0. The molecular formula is C16H18N2O3S2. The second-order valence-corrected chi connectivity index (χ2v) is 6.44. The van der Waals surface area contributed by atoms with Crippen LogP contribution < -0.4 is 20.1 Å². The molecular weight excluding hydrogens is 332 g/mol. The molecule has 2 heterocycles. The van der Waals surface area contributed by atoms with Gasteiger partial charge in [0.15, 0.2) is 16.6 Å². The predicted octanol–water partition coefficient (Wildman–Crippen LogP) is 2.91. The Labute approximate surface area is 144 Å². The summed E-state index contributed by atoms with van der Waals surface area (Å²) in [6, 6.07) is 9.78. The van der Waals surface area contributed by atoms with Crippen molar-refractivity contribution >= 4 is 29.1 Å². The summed E-state index contributed by atoms with van der Waals surface area (Å²) in [5.74, 6) is 4.43. The molecule has 2 N–H and O–H groups in total. The van der Waals surface area contributed by atoms with Crippen LogP contribution in [0.1, 0.15) is 11.3 Å². The number of hydrogen-bond acceptors (Lipinski definition) is 5. The molecule has 122 valence electrons. The number of benzene rings is 1. The van der Waals surface area contributed by atoms with E-state index in [1.54, 1.807) is 18.0 Å². The molecule has 2 aromatic rings. The van der Waals surface area contributed by atoms with Crippen molar-refractivity contribution in [1.82, 2.24) is 10.6 Å². The fourth-order valence-corrected chi connectivity index (χ4v) is 3.03. The van der Waals surface area contributed by atoms with Gasteiger partial charge in [-0.15, -0.1) is 0 Å². The van der Waals surface area contributed by atoms with Crippen LogP contribution in [0.3, 0.4) is 0 Å². The Kier molecular flexibility index (Phi) is 5.65. The van der Waals surface area contributed by atoms with Crippen LogP contribution in [0.5, 0.6) is 11.5 Å². The van der Waals surface area contributed by atoms with Gasteiger partial charge in [-0.3, -0.25) is 0 Å². The van der Waals surface area contributed by atoms with Gasteiger partial charge in [-0.1, -0.05) is 6.07 Å². The van der Waals surface area contributed by atoms with Crippen LogP contribution in [-0.4, -0.2) is 24.2 Å². The first-order valence-electron chi connectivity index (χ1n) is 7.31. The Bertz CT molecular complexity index is 647. The Balaban J connectivity index is 1.30. The molecule has 0 amide bonds. The van der Waals surface area contributed by atoms with Crippen molar-refractivity contribution in [2.75, 3.05) is 19.1 Å². The highest BCUT2D eigenvalue weighted by molar-refractivity contribution is 7.98. The van der Waals surface area contributed by atoms with E-state index in [-0.39, 0.29) is 0 Å². The standard InChI is InChI=1S/C16H18N2O3S2/c22-16(17-5-7-23-10-13-2-1-6-19-13)18-9-12-3-4-14-15(8-12)21-11-20-14/h1-4,6,8H,5,7,9-11H2,(H2,17,18,22). The molecule has 1 aliphatic rings. The number of thioether (sulfide) groups is 1. The van der Waals surface area contributed by atoms with Gasteiger partial charge in [0.05, 0.1) is 12.0 Å². The third-order valence-corrected chi connectivity index (χ3v) is 4.52. The van der Waals surface area contributed by atoms with Crippen LogP contribution in [0.2, 0.25) is 0 Å². The highest BCUT2D eigenvalue weighted by Gasteiger charge is 2.12. The fraction of sp³-hybridized carbons (Fsp3) is 0.312. The molecule has 0 saturated carbocycles. The van der Waals surface area contributed by atoms with Crippen LogP contribution in [-0.2, 0) is 12.3 Å². The number of thiocarbonyl (C=S) groups is 1. The number of fused-ring (bicyclic) bond motifs is 1. The summed E-state index contributed by atoms with van der Waals surface area (Å²) in [5.41, 5.74) is 1.10. The molecule has 7 heteroatoms. The number of ether oxygens (including phenoxy) is 2. The van der Waals surface area contributed by atoms with E-state index < -0.39 is 0 Å². The van der Waals surface area contributed by atoms with Gasteiger partial charge in [0.25, 0.3) is 0 Å². The fourth-order valence-electron chi connectivity index (χ4n) is 2.10. The predicted molar refractivity (Wildman–Crippen MR) is 94.9 cm³/mol. The van der Waals surface area contributed by atoms with Crippen LogP contribution in [0.15, 0.2) is 41.0 Å². The van der Waals surface area contributed by atoms with Crippen molar-refractivity contribution in [3.05, 3.63) is 47.9 Å². The summed E-state index contributed by atoms with van der Waals surface area (Å²) >= 11 is 7.08. The van der Waals surface area contributed by atoms with Crippen molar-refractivity contribution in [3.8, 4) is 11.5 Å². The molecule has 0 fully saturated rings. The third kappa shape index (κ3) is 4.80. The first kappa shape index (κ1) is 16.0. The molecule has 1 aliphatic heterocycles. The van der Waals surface area contributed by atoms with Crippen molar-refractivity contribution in [1.29, 1.82) is 0 Å². The molecule has 1 aromatic heterocycles. The molecule has 0 bridgehead atoms.